The van der Waals surface area contributed by atoms with Crippen LogP contribution < -0.4 is 19.5 Å². The topological polar surface area (TPSA) is 118 Å². The fourth-order valence-electron chi connectivity index (χ4n) is 6.16. The van der Waals surface area contributed by atoms with Crippen molar-refractivity contribution in [1.29, 1.82) is 0 Å². The first-order valence-corrected chi connectivity index (χ1v) is 13.3. The SMILES string of the molecule is O=C(NCCO)C1=C[C@@H](N(Cc2ccc3c(c2)OCO3)C(=O)C2CCCC2)[C@H](O)[C@H]2Oc3ccccc3[C@@H]12. The number of hydrogen-bond acceptors (Lipinski definition) is 7. The van der Waals surface area contributed by atoms with E-state index in [1.807, 2.05) is 42.5 Å². The van der Waals surface area contributed by atoms with Crippen LogP contribution in [-0.2, 0) is 16.1 Å². The molecular formula is C29H32N2O7. The van der Waals surface area contributed by atoms with E-state index in [0.29, 0.717) is 22.8 Å². The van der Waals surface area contributed by atoms with Crippen molar-refractivity contribution in [3.05, 3.63) is 65.2 Å². The highest BCUT2D eigenvalue weighted by Crippen LogP contribution is 2.47. The number of nitrogens with one attached hydrogen (secondary N) is 1. The lowest BCUT2D eigenvalue weighted by atomic mass is 9.77. The number of nitrogens with zero attached hydrogens (tertiary/aromatic N) is 1. The maximum atomic E-state index is 13.9. The molecule has 0 spiro atoms. The normalized spacial score (nSPS) is 25.3. The fraction of sp³-hybridized carbons (Fsp3) is 0.448. The largest absolute Gasteiger partial charge is 0.486 e. The van der Waals surface area contributed by atoms with Gasteiger partial charge in [0.15, 0.2) is 11.5 Å². The average molecular weight is 521 g/mol. The van der Waals surface area contributed by atoms with Gasteiger partial charge in [0.1, 0.15) is 18.0 Å². The van der Waals surface area contributed by atoms with Gasteiger partial charge >= 0.3 is 0 Å². The molecule has 4 aliphatic rings. The van der Waals surface area contributed by atoms with Gasteiger partial charge < -0.3 is 34.6 Å². The van der Waals surface area contributed by atoms with Crippen molar-refractivity contribution in [2.75, 3.05) is 19.9 Å². The molecule has 2 aliphatic carbocycles. The Morgan fingerprint density at radius 1 is 1.03 bits per heavy atom. The fourth-order valence-corrected chi connectivity index (χ4v) is 6.16. The molecule has 9 nitrogen and oxygen atoms in total. The minimum Gasteiger partial charge on any atom is -0.486 e. The maximum Gasteiger partial charge on any atom is 0.247 e. The molecule has 9 heteroatoms. The molecule has 2 aliphatic heterocycles. The Labute approximate surface area is 221 Å². The predicted octanol–water partition coefficient (Wildman–Crippen LogP) is 2.26. The number of hydrogen-bond donors (Lipinski definition) is 3. The first-order chi connectivity index (χ1) is 18.5. The Morgan fingerprint density at radius 2 is 1.82 bits per heavy atom. The van der Waals surface area contributed by atoms with Gasteiger partial charge in [0.25, 0.3) is 0 Å². The quantitative estimate of drug-likeness (QED) is 0.513. The van der Waals surface area contributed by atoms with Gasteiger partial charge in [-0.3, -0.25) is 9.59 Å². The number of aliphatic hydroxyl groups excluding tert-OH is 2. The third-order valence-corrected chi connectivity index (χ3v) is 8.01. The standard InChI is InChI=1S/C29H32N2O7/c32-12-11-30-28(34)20-14-21(26(33)27-25(20)19-7-3-4-8-22(19)38-27)31(29(35)18-5-1-2-6-18)15-17-9-10-23-24(13-17)37-16-36-23/h3-4,7-10,13-14,18,21,25-27,32-33H,1-2,5-6,11-12,15-16H2,(H,30,34)/t21-,25+,26+,27+/m1/s1. The number of rotatable bonds is 7. The molecule has 4 atom stereocenters. The van der Waals surface area contributed by atoms with Crippen LogP contribution in [0.1, 0.15) is 42.7 Å². The summed E-state index contributed by atoms with van der Waals surface area (Å²) in [4.78, 5) is 29.0. The second kappa shape index (κ2) is 10.3. The molecule has 0 aromatic heterocycles. The number of fused-ring (bicyclic) bond motifs is 4. The third kappa shape index (κ3) is 4.39. The molecule has 2 aromatic carbocycles. The summed E-state index contributed by atoms with van der Waals surface area (Å²) in [6, 6.07) is 12.2. The van der Waals surface area contributed by atoms with E-state index < -0.39 is 24.2 Å². The van der Waals surface area contributed by atoms with Gasteiger partial charge in [0.2, 0.25) is 18.6 Å². The van der Waals surface area contributed by atoms with E-state index in [1.165, 1.54) is 0 Å². The predicted molar refractivity (Wildman–Crippen MR) is 137 cm³/mol. The summed E-state index contributed by atoms with van der Waals surface area (Å²) >= 11 is 0. The van der Waals surface area contributed by atoms with Crippen LogP contribution in [0.25, 0.3) is 0 Å². The molecular weight excluding hydrogens is 488 g/mol. The van der Waals surface area contributed by atoms with E-state index in [4.69, 9.17) is 14.2 Å². The van der Waals surface area contributed by atoms with Crippen molar-refractivity contribution < 1.29 is 34.0 Å². The first kappa shape index (κ1) is 24.8. The zero-order chi connectivity index (χ0) is 26.2. The van der Waals surface area contributed by atoms with Crippen molar-refractivity contribution in [3.8, 4) is 17.2 Å². The Morgan fingerprint density at radius 3 is 2.63 bits per heavy atom. The van der Waals surface area contributed by atoms with Gasteiger partial charge in [0.05, 0.1) is 18.6 Å². The zero-order valence-corrected chi connectivity index (χ0v) is 21.0. The molecule has 2 amide bonds. The lowest BCUT2D eigenvalue weighted by Gasteiger charge is -2.41. The molecule has 0 bridgehead atoms. The van der Waals surface area contributed by atoms with Crippen molar-refractivity contribution in [1.82, 2.24) is 10.2 Å². The summed E-state index contributed by atoms with van der Waals surface area (Å²) in [6.07, 6.45) is 3.55. The molecule has 1 saturated carbocycles. The van der Waals surface area contributed by atoms with E-state index in [1.54, 1.807) is 11.0 Å². The molecule has 6 rings (SSSR count). The Hall–Kier alpha value is -3.56. The number of benzene rings is 2. The zero-order valence-electron chi connectivity index (χ0n) is 21.0. The van der Waals surface area contributed by atoms with Crippen LogP contribution in [0.15, 0.2) is 54.1 Å². The Bertz CT molecular complexity index is 1260. The van der Waals surface area contributed by atoms with Crippen LogP contribution in [0.4, 0.5) is 0 Å². The first-order valence-electron chi connectivity index (χ1n) is 13.3. The van der Waals surface area contributed by atoms with E-state index in [9.17, 15) is 19.8 Å². The average Bonchev–Trinajstić information content (AvgIpc) is 3.70. The second-order valence-corrected chi connectivity index (χ2v) is 10.3. The lowest BCUT2D eigenvalue weighted by Crippen LogP contribution is -2.56. The van der Waals surface area contributed by atoms with Crippen molar-refractivity contribution >= 4 is 11.8 Å². The van der Waals surface area contributed by atoms with Crippen molar-refractivity contribution in [2.24, 2.45) is 5.92 Å². The summed E-state index contributed by atoms with van der Waals surface area (Å²) in [5.41, 5.74) is 2.09. The molecule has 3 N–H and O–H groups in total. The van der Waals surface area contributed by atoms with Gasteiger partial charge in [-0.05, 0) is 42.7 Å². The number of carbonyl (C=O) groups excluding carboxylic acids is 2. The van der Waals surface area contributed by atoms with E-state index in [0.717, 1.165) is 36.8 Å². The molecule has 0 unspecified atom stereocenters. The highest BCUT2D eigenvalue weighted by molar-refractivity contribution is 5.96. The van der Waals surface area contributed by atoms with Crippen molar-refractivity contribution in [3.63, 3.8) is 0 Å². The number of ether oxygens (including phenoxy) is 3. The van der Waals surface area contributed by atoms with Crippen LogP contribution in [0, 0.1) is 5.92 Å². The number of carbonyl (C=O) groups is 2. The number of aliphatic hydroxyl groups is 2. The number of para-hydroxylation sites is 1. The van der Waals surface area contributed by atoms with Crippen molar-refractivity contribution in [2.45, 2.75) is 56.4 Å². The summed E-state index contributed by atoms with van der Waals surface area (Å²) < 4.78 is 17.2. The van der Waals surface area contributed by atoms with Gasteiger partial charge in [-0.1, -0.05) is 37.1 Å². The van der Waals surface area contributed by atoms with Crippen LogP contribution in [0.2, 0.25) is 0 Å². The molecule has 2 aromatic rings. The minimum absolute atomic E-state index is 0.0375. The molecule has 0 radical (unpaired) electrons. The van der Waals surface area contributed by atoms with Crippen LogP contribution >= 0.6 is 0 Å². The Balaban J connectivity index is 1.39. The molecule has 200 valence electrons. The van der Waals surface area contributed by atoms with Crippen LogP contribution in [-0.4, -0.2) is 65.1 Å². The summed E-state index contributed by atoms with van der Waals surface area (Å²) in [5.74, 6) is 0.900. The molecule has 38 heavy (non-hydrogen) atoms. The van der Waals surface area contributed by atoms with Gasteiger partial charge in [-0.2, -0.15) is 0 Å². The maximum absolute atomic E-state index is 13.9. The summed E-state index contributed by atoms with van der Waals surface area (Å²) in [7, 11) is 0. The lowest BCUT2D eigenvalue weighted by molar-refractivity contribution is -0.142. The third-order valence-electron chi connectivity index (χ3n) is 8.01. The highest BCUT2D eigenvalue weighted by Gasteiger charge is 2.50. The highest BCUT2D eigenvalue weighted by atomic mass is 16.7. The minimum atomic E-state index is -1.05. The van der Waals surface area contributed by atoms with Crippen LogP contribution in [0.5, 0.6) is 17.2 Å². The van der Waals surface area contributed by atoms with Gasteiger partial charge in [-0.25, -0.2) is 0 Å². The monoisotopic (exact) mass is 520 g/mol. The van der Waals surface area contributed by atoms with Gasteiger partial charge in [-0.15, -0.1) is 0 Å². The summed E-state index contributed by atoms with van der Waals surface area (Å²) in [5, 5.41) is 23.8. The second-order valence-electron chi connectivity index (χ2n) is 10.3. The van der Waals surface area contributed by atoms with Gasteiger partial charge in [0, 0.05) is 30.1 Å². The van der Waals surface area contributed by atoms with Crippen LogP contribution in [0.3, 0.4) is 0 Å². The number of amides is 2. The van der Waals surface area contributed by atoms with E-state index in [2.05, 4.69) is 5.32 Å². The van der Waals surface area contributed by atoms with E-state index in [-0.39, 0.29) is 44.2 Å². The van der Waals surface area contributed by atoms with E-state index >= 15 is 0 Å². The molecule has 0 saturated heterocycles. The smallest absolute Gasteiger partial charge is 0.247 e. The molecule has 2 heterocycles. The Kier molecular flexibility index (Phi) is 6.71. The summed E-state index contributed by atoms with van der Waals surface area (Å²) in [6.45, 7) is 0.300. The molecule has 1 fully saturated rings.